The minimum atomic E-state index is -0.620. The van der Waals surface area contributed by atoms with E-state index in [4.69, 9.17) is 19.7 Å². The van der Waals surface area contributed by atoms with Crippen LogP contribution in [0, 0.1) is 11.3 Å². The minimum absolute atomic E-state index is 0.217. The van der Waals surface area contributed by atoms with Crippen molar-refractivity contribution in [2.24, 2.45) is 4.99 Å². The molecule has 1 aromatic heterocycles. The Morgan fingerprint density at radius 2 is 1.79 bits per heavy atom. The smallest absolute Gasteiger partial charge is 0.338 e. The number of thiazole rings is 1. The molecule has 7 nitrogen and oxygen atoms in total. The van der Waals surface area contributed by atoms with E-state index in [1.54, 1.807) is 16.7 Å². The molecule has 0 amide bonds. The van der Waals surface area contributed by atoms with Crippen LogP contribution in [0.4, 0.5) is 0 Å². The molecule has 8 heteroatoms. The summed E-state index contributed by atoms with van der Waals surface area (Å²) in [5.74, 6) is 0.202. The fourth-order valence-corrected chi connectivity index (χ4v) is 5.49. The molecule has 0 saturated carbocycles. The van der Waals surface area contributed by atoms with Crippen LogP contribution in [0.1, 0.15) is 41.6 Å². The van der Waals surface area contributed by atoms with Crippen molar-refractivity contribution in [2.75, 3.05) is 7.11 Å². The Bertz CT molecular complexity index is 1760. The third kappa shape index (κ3) is 5.31. The first-order chi connectivity index (χ1) is 19.0. The van der Waals surface area contributed by atoms with E-state index in [-0.39, 0.29) is 5.56 Å². The van der Waals surface area contributed by atoms with Crippen LogP contribution in [0.5, 0.6) is 5.75 Å². The summed E-state index contributed by atoms with van der Waals surface area (Å²) in [6, 6.07) is 25.7. The van der Waals surface area contributed by atoms with Crippen molar-refractivity contribution in [3.8, 4) is 11.8 Å². The number of fused-ring (bicyclic) bond motifs is 1. The number of nitrogens with zero attached hydrogens (tertiary/aromatic N) is 3. The van der Waals surface area contributed by atoms with Gasteiger partial charge in [-0.25, -0.2) is 9.79 Å². The van der Waals surface area contributed by atoms with Crippen molar-refractivity contribution in [3.63, 3.8) is 0 Å². The van der Waals surface area contributed by atoms with E-state index in [0.717, 1.165) is 16.7 Å². The highest BCUT2D eigenvalue weighted by atomic mass is 32.1. The first-order valence-corrected chi connectivity index (χ1v) is 13.2. The number of nitriles is 1. The van der Waals surface area contributed by atoms with Gasteiger partial charge in [0.15, 0.2) is 4.80 Å². The van der Waals surface area contributed by atoms with E-state index in [9.17, 15) is 9.59 Å². The lowest BCUT2D eigenvalue weighted by Gasteiger charge is -2.25. The van der Waals surface area contributed by atoms with Crippen LogP contribution < -0.4 is 19.6 Å². The Morgan fingerprint density at radius 1 is 1.08 bits per heavy atom. The maximum atomic E-state index is 13.7. The first kappa shape index (κ1) is 25.9. The van der Waals surface area contributed by atoms with Crippen molar-refractivity contribution in [2.45, 2.75) is 26.0 Å². The highest BCUT2D eigenvalue weighted by Gasteiger charge is 2.33. The van der Waals surface area contributed by atoms with Gasteiger partial charge in [-0.3, -0.25) is 9.36 Å². The Hall–Kier alpha value is -4.74. The number of esters is 1. The second kappa shape index (κ2) is 11.3. The number of methoxy groups -OCH3 is 1. The normalized spacial score (nSPS) is 14.8. The monoisotopic (exact) mass is 535 g/mol. The lowest BCUT2D eigenvalue weighted by atomic mass is 9.95. The molecule has 0 N–H and O–H groups in total. The number of benzene rings is 3. The predicted molar refractivity (Wildman–Crippen MR) is 149 cm³/mol. The van der Waals surface area contributed by atoms with Gasteiger partial charge in [0.25, 0.3) is 5.56 Å². The van der Waals surface area contributed by atoms with Gasteiger partial charge in [0.1, 0.15) is 12.4 Å². The zero-order valence-electron chi connectivity index (χ0n) is 21.5. The Labute approximate surface area is 229 Å². The molecule has 4 aromatic rings. The molecular formula is C31H25N3O4S. The number of aromatic nitrogens is 1. The second-order valence-corrected chi connectivity index (χ2v) is 9.87. The van der Waals surface area contributed by atoms with E-state index < -0.39 is 12.0 Å². The molecule has 5 rings (SSSR count). The number of rotatable bonds is 7. The van der Waals surface area contributed by atoms with Gasteiger partial charge >= 0.3 is 5.97 Å². The van der Waals surface area contributed by atoms with Crippen LogP contribution in [0.25, 0.3) is 6.08 Å². The summed E-state index contributed by atoms with van der Waals surface area (Å²) in [7, 11) is 1.34. The minimum Gasteiger partial charge on any atom is -0.489 e. The van der Waals surface area contributed by atoms with Gasteiger partial charge in [-0.05, 0) is 53.5 Å². The number of hydrogen-bond acceptors (Lipinski definition) is 7. The lowest BCUT2D eigenvalue weighted by molar-refractivity contribution is -0.136. The molecule has 0 spiro atoms. The molecule has 2 heterocycles. The number of carbonyl (C=O) groups excluding carboxylic acids is 1. The average molecular weight is 536 g/mol. The molecular weight excluding hydrogens is 510 g/mol. The predicted octanol–water partition coefficient (Wildman–Crippen LogP) is 4.25. The average Bonchev–Trinajstić information content (AvgIpc) is 3.30. The van der Waals surface area contributed by atoms with E-state index in [1.165, 1.54) is 18.4 Å². The van der Waals surface area contributed by atoms with Crippen LogP contribution >= 0.6 is 11.3 Å². The Balaban J connectivity index is 1.47. The summed E-state index contributed by atoms with van der Waals surface area (Å²) in [6.45, 7) is 2.31. The van der Waals surface area contributed by atoms with E-state index >= 15 is 0 Å². The van der Waals surface area contributed by atoms with Gasteiger partial charge < -0.3 is 9.47 Å². The highest BCUT2D eigenvalue weighted by Crippen LogP contribution is 2.31. The topological polar surface area (TPSA) is 93.7 Å². The summed E-state index contributed by atoms with van der Waals surface area (Å²) in [4.78, 5) is 31.8. The molecule has 0 radical (unpaired) electrons. The number of ether oxygens (including phenoxy) is 2. The van der Waals surface area contributed by atoms with Crippen LogP contribution in [0.15, 0.2) is 99.9 Å². The fraction of sp³-hybridized carbons (Fsp3) is 0.161. The third-order valence-corrected chi connectivity index (χ3v) is 7.41. The maximum absolute atomic E-state index is 13.7. The van der Waals surface area contributed by atoms with Crippen molar-refractivity contribution in [3.05, 3.63) is 132 Å². The van der Waals surface area contributed by atoms with Crippen LogP contribution in [-0.2, 0) is 16.1 Å². The molecule has 0 unspecified atom stereocenters. The molecule has 3 aromatic carbocycles. The largest absolute Gasteiger partial charge is 0.489 e. The molecule has 0 bridgehead atoms. The standard InChI is InChI=1S/C31H25N3O4S/c1-3-25-27(30(36)37-2)28(23-7-5-4-6-8-23)34-29(35)26(39-31(34)33-25)17-20-13-15-24(16-14-20)38-19-22-11-9-21(18-32)10-12-22/h4-17,28H,3,19H2,1-2H3/b26-17+/t28-/m0/s1. The first-order valence-electron chi connectivity index (χ1n) is 12.4. The molecule has 0 aliphatic carbocycles. The van der Waals surface area contributed by atoms with Gasteiger partial charge in [0.2, 0.25) is 0 Å². The summed E-state index contributed by atoms with van der Waals surface area (Å²) in [6.07, 6.45) is 2.35. The van der Waals surface area contributed by atoms with Crippen molar-refractivity contribution < 1.29 is 14.3 Å². The quantitative estimate of drug-likeness (QED) is 0.330. The molecule has 194 valence electrons. The van der Waals surface area contributed by atoms with E-state index in [0.29, 0.717) is 44.9 Å². The zero-order valence-corrected chi connectivity index (χ0v) is 22.3. The Kier molecular flexibility index (Phi) is 7.53. The van der Waals surface area contributed by atoms with Gasteiger partial charge in [-0.2, -0.15) is 5.26 Å². The molecule has 1 atom stereocenters. The fourth-order valence-electron chi connectivity index (χ4n) is 4.47. The highest BCUT2D eigenvalue weighted by molar-refractivity contribution is 7.07. The molecule has 39 heavy (non-hydrogen) atoms. The summed E-state index contributed by atoms with van der Waals surface area (Å²) in [5.41, 5.74) is 4.01. The van der Waals surface area contributed by atoms with E-state index in [1.807, 2.05) is 79.7 Å². The Morgan fingerprint density at radius 3 is 2.44 bits per heavy atom. The molecule has 0 saturated heterocycles. The van der Waals surface area contributed by atoms with Crippen molar-refractivity contribution >= 4 is 23.4 Å². The number of hydrogen-bond donors (Lipinski definition) is 0. The van der Waals surface area contributed by atoms with Gasteiger partial charge in [0.05, 0.1) is 40.6 Å². The van der Waals surface area contributed by atoms with Crippen LogP contribution in [0.2, 0.25) is 0 Å². The van der Waals surface area contributed by atoms with Gasteiger partial charge in [0, 0.05) is 0 Å². The second-order valence-electron chi connectivity index (χ2n) is 8.87. The molecule has 0 fully saturated rings. The number of carbonyl (C=O) groups is 1. The molecule has 1 aliphatic heterocycles. The van der Waals surface area contributed by atoms with Crippen LogP contribution in [-0.4, -0.2) is 17.6 Å². The number of allylic oxidation sites excluding steroid dienone is 1. The van der Waals surface area contributed by atoms with Crippen molar-refractivity contribution in [1.82, 2.24) is 4.57 Å². The van der Waals surface area contributed by atoms with E-state index in [2.05, 4.69) is 6.07 Å². The lowest BCUT2D eigenvalue weighted by Crippen LogP contribution is -2.40. The third-order valence-electron chi connectivity index (χ3n) is 6.43. The summed E-state index contributed by atoms with van der Waals surface area (Å²) >= 11 is 1.30. The summed E-state index contributed by atoms with van der Waals surface area (Å²) < 4.78 is 13.1. The SMILES string of the molecule is CCC1=C(C(=O)OC)[C@H](c2ccccc2)n2c(s/c(=C/c3ccc(OCc4ccc(C#N)cc4)cc3)c2=O)=N1. The molecule has 1 aliphatic rings. The summed E-state index contributed by atoms with van der Waals surface area (Å²) in [5, 5.41) is 8.93. The van der Waals surface area contributed by atoms with Gasteiger partial charge in [-0.1, -0.05) is 72.9 Å². The van der Waals surface area contributed by atoms with Gasteiger partial charge in [-0.15, -0.1) is 0 Å². The maximum Gasteiger partial charge on any atom is 0.338 e. The zero-order chi connectivity index (χ0) is 27.4. The van der Waals surface area contributed by atoms with Crippen molar-refractivity contribution in [1.29, 1.82) is 5.26 Å². The van der Waals surface area contributed by atoms with Crippen LogP contribution in [0.3, 0.4) is 0 Å².